The van der Waals surface area contributed by atoms with Gasteiger partial charge in [0.1, 0.15) is 0 Å². The molecule has 6 nitrogen and oxygen atoms in total. The molecule has 0 bridgehead atoms. The maximum Gasteiger partial charge on any atom is 0.495 e. The predicted molar refractivity (Wildman–Crippen MR) is 121 cm³/mol. The molecular weight excluding hydrogens is 396 g/mol. The van der Waals surface area contributed by atoms with Crippen molar-refractivity contribution in [2.24, 2.45) is 0 Å². The molecule has 1 aliphatic carbocycles. The fourth-order valence-electron chi connectivity index (χ4n) is 5.06. The molecule has 0 amide bonds. The molecule has 0 fully saturated rings. The largest absolute Gasteiger partial charge is 0.495 e. The van der Waals surface area contributed by atoms with Crippen LogP contribution in [0.4, 0.5) is 5.69 Å². The van der Waals surface area contributed by atoms with Gasteiger partial charge in [-0.2, -0.15) is 5.10 Å². The van der Waals surface area contributed by atoms with Crippen LogP contribution < -0.4 is 0 Å². The first kappa shape index (κ1) is 18.6. The zero-order valence-electron chi connectivity index (χ0n) is 18.2. The normalized spacial score (nSPS) is 16.0. The first-order chi connectivity index (χ1) is 15.6. The second-order valence-electron chi connectivity index (χ2n) is 8.28. The molecule has 32 heavy (non-hydrogen) atoms. The van der Waals surface area contributed by atoms with Crippen molar-refractivity contribution in [3.8, 4) is 11.1 Å². The number of pyridine rings is 2. The van der Waals surface area contributed by atoms with E-state index in [0.29, 0.717) is 0 Å². The van der Waals surface area contributed by atoms with Gasteiger partial charge in [-0.05, 0) is 46.0 Å². The number of H-pyrrole nitrogens is 1. The summed E-state index contributed by atoms with van der Waals surface area (Å²) in [4.78, 5) is 9.02. The molecule has 4 heterocycles. The molecule has 1 aromatic carbocycles. The van der Waals surface area contributed by atoms with Crippen LogP contribution >= 0.6 is 0 Å². The summed E-state index contributed by atoms with van der Waals surface area (Å²) in [6.45, 7) is 4.23. The first-order valence-corrected chi connectivity index (χ1v) is 10.6. The van der Waals surface area contributed by atoms with Crippen molar-refractivity contribution in [2.45, 2.75) is 19.3 Å². The van der Waals surface area contributed by atoms with Gasteiger partial charge < -0.3 is 0 Å². The van der Waals surface area contributed by atoms with Crippen LogP contribution in [0.25, 0.3) is 11.1 Å². The minimum absolute atomic E-state index is 0.585. The number of nitrogens with zero attached hydrogens (tertiary/aromatic N) is 5. The minimum Gasteiger partial charge on any atom is -0.281 e. The van der Waals surface area contributed by atoms with E-state index in [-0.39, 0.29) is 0 Å². The molecule has 0 atom stereocenters. The molecule has 0 spiro atoms. The van der Waals surface area contributed by atoms with Crippen LogP contribution in [-0.2, 0) is 5.41 Å². The molecule has 6 heteroatoms. The number of allylic oxidation sites excluding steroid dienone is 2. The number of aromatic amines is 1. The zero-order chi connectivity index (χ0) is 21.9. The van der Waals surface area contributed by atoms with Gasteiger partial charge in [0.05, 0.1) is 11.1 Å². The predicted octanol–water partition coefficient (Wildman–Crippen LogP) is 4.29. The fourth-order valence-corrected chi connectivity index (χ4v) is 5.06. The molecule has 0 saturated carbocycles. The number of fused-ring (bicyclic) bond motifs is 3. The van der Waals surface area contributed by atoms with Crippen LogP contribution in [0.3, 0.4) is 0 Å². The van der Waals surface area contributed by atoms with E-state index in [2.05, 4.69) is 81.0 Å². The summed E-state index contributed by atoms with van der Waals surface area (Å²) in [7, 11) is 2.02. The van der Waals surface area contributed by atoms with E-state index in [4.69, 9.17) is 0 Å². The van der Waals surface area contributed by atoms with Crippen LogP contribution in [0.15, 0.2) is 84.8 Å². The second kappa shape index (κ2) is 6.67. The Labute approximate surface area is 186 Å². The molecule has 1 N–H and O–H groups in total. The summed E-state index contributed by atoms with van der Waals surface area (Å²) in [5.74, 6) is 0. The SMILES string of the molecule is CC1=C(C)[N+](c2cccc(C3(c4ccn[nH]4)c4cnccc4-c4ccncc43)c2)=C=[N+]1C. The Kier molecular flexibility index (Phi) is 3.88. The maximum atomic E-state index is 4.51. The van der Waals surface area contributed by atoms with Crippen LogP contribution in [-0.4, -0.2) is 42.4 Å². The summed E-state index contributed by atoms with van der Waals surface area (Å²) in [5, 5.41) is 7.57. The smallest absolute Gasteiger partial charge is 0.281 e. The molecule has 154 valence electrons. The Bertz CT molecular complexity index is 1440. The topological polar surface area (TPSA) is 60.5 Å². The van der Waals surface area contributed by atoms with Crippen LogP contribution in [0.1, 0.15) is 36.2 Å². The van der Waals surface area contributed by atoms with Crippen molar-refractivity contribution in [3.63, 3.8) is 0 Å². The monoisotopic (exact) mass is 418 g/mol. The molecule has 0 saturated heterocycles. The van der Waals surface area contributed by atoms with E-state index < -0.39 is 5.41 Å². The van der Waals surface area contributed by atoms with Gasteiger partial charge in [-0.3, -0.25) is 15.1 Å². The highest BCUT2D eigenvalue weighted by atomic mass is 15.2. The lowest BCUT2D eigenvalue weighted by atomic mass is 9.71. The quantitative estimate of drug-likeness (QED) is 0.445. The average Bonchev–Trinajstić information content (AvgIpc) is 3.53. The third-order valence-corrected chi connectivity index (χ3v) is 6.79. The lowest BCUT2D eigenvalue weighted by Gasteiger charge is -2.31. The molecular formula is C26H22N6+2. The summed E-state index contributed by atoms with van der Waals surface area (Å²) < 4.78 is 4.14. The number of nitrogens with one attached hydrogen (secondary N) is 1. The van der Waals surface area contributed by atoms with Gasteiger partial charge in [0.15, 0.2) is 7.05 Å². The van der Waals surface area contributed by atoms with Crippen LogP contribution in [0.5, 0.6) is 0 Å². The second-order valence-corrected chi connectivity index (χ2v) is 8.28. The van der Waals surface area contributed by atoms with Gasteiger partial charge in [0.25, 0.3) is 11.4 Å². The lowest BCUT2D eigenvalue weighted by molar-refractivity contribution is -0.445. The Balaban J connectivity index is 1.69. The van der Waals surface area contributed by atoms with Crippen molar-refractivity contribution in [2.75, 3.05) is 7.05 Å². The standard InChI is InChI=1S/C26H22N6/c1-17-18(2)32(16-31(17)3)20-6-4-5-19(13-20)26(25-9-12-29-30-25)23-14-27-10-7-21(23)22-8-11-28-15-24(22)26/h4-15H,1-3H3,(H,29,30)/q+2. The van der Waals surface area contributed by atoms with Gasteiger partial charge >= 0.3 is 6.01 Å². The van der Waals surface area contributed by atoms with Gasteiger partial charge in [0, 0.05) is 57.0 Å². The molecule has 6 rings (SSSR count). The Morgan fingerprint density at radius 2 is 1.59 bits per heavy atom. The summed E-state index contributed by atoms with van der Waals surface area (Å²) in [6, 6.07) is 18.3. The van der Waals surface area contributed by atoms with Gasteiger partial charge in [-0.15, -0.1) is 0 Å². The number of aromatic nitrogens is 4. The number of hydrogen-bond donors (Lipinski definition) is 1. The minimum atomic E-state index is -0.585. The fraction of sp³-hybridized carbons (Fsp3) is 0.154. The van der Waals surface area contributed by atoms with Crippen LogP contribution in [0, 0.1) is 0 Å². The summed E-state index contributed by atoms with van der Waals surface area (Å²) in [6.07, 6.45) is 9.45. The van der Waals surface area contributed by atoms with E-state index in [9.17, 15) is 0 Å². The van der Waals surface area contributed by atoms with E-state index in [1.165, 1.54) is 16.8 Å². The molecule has 4 aromatic rings. The lowest BCUT2D eigenvalue weighted by Crippen LogP contribution is -2.29. The van der Waals surface area contributed by atoms with E-state index in [1.54, 1.807) is 6.20 Å². The third-order valence-electron chi connectivity index (χ3n) is 6.79. The number of rotatable bonds is 3. The molecule has 1 aliphatic heterocycles. The number of hydrogen-bond acceptors (Lipinski definition) is 3. The van der Waals surface area contributed by atoms with Crippen molar-refractivity contribution in [1.29, 1.82) is 0 Å². The first-order valence-electron chi connectivity index (χ1n) is 10.6. The van der Waals surface area contributed by atoms with Crippen molar-refractivity contribution in [3.05, 3.63) is 107 Å². The highest BCUT2D eigenvalue weighted by Gasteiger charge is 2.48. The molecule has 3 aromatic heterocycles. The Morgan fingerprint density at radius 3 is 2.19 bits per heavy atom. The number of benzene rings is 1. The molecule has 2 aliphatic rings. The molecule has 0 radical (unpaired) electrons. The van der Waals surface area contributed by atoms with E-state index in [0.717, 1.165) is 33.8 Å². The van der Waals surface area contributed by atoms with Crippen molar-refractivity contribution >= 4 is 11.7 Å². The van der Waals surface area contributed by atoms with Gasteiger partial charge in [-0.25, -0.2) is 0 Å². The van der Waals surface area contributed by atoms with Gasteiger partial charge in [-0.1, -0.05) is 21.3 Å². The Hall–Kier alpha value is -4.15. The zero-order valence-corrected chi connectivity index (χ0v) is 18.2. The Morgan fingerprint density at radius 1 is 0.875 bits per heavy atom. The van der Waals surface area contributed by atoms with E-state index >= 15 is 0 Å². The summed E-state index contributed by atoms with van der Waals surface area (Å²) >= 11 is 0. The summed E-state index contributed by atoms with van der Waals surface area (Å²) in [5.41, 5.74) is 9.53. The van der Waals surface area contributed by atoms with E-state index in [1.807, 2.05) is 42.5 Å². The maximum absolute atomic E-state index is 4.51. The van der Waals surface area contributed by atoms with Crippen molar-refractivity contribution < 1.29 is 9.15 Å². The van der Waals surface area contributed by atoms with Gasteiger partial charge in [0.2, 0.25) is 5.69 Å². The highest BCUT2D eigenvalue weighted by molar-refractivity contribution is 5.85. The molecule has 0 unspecified atom stereocenters. The average molecular weight is 419 g/mol. The third kappa shape index (κ3) is 2.33. The highest BCUT2D eigenvalue weighted by Crippen LogP contribution is 2.55. The van der Waals surface area contributed by atoms with Crippen LogP contribution in [0.2, 0.25) is 0 Å². The van der Waals surface area contributed by atoms with Crippen molar-refractivity contribution in [1.82, 2.24) is 20.2 Å².